The monoisotopic (exact) mass is 114 g/mol. The minimum atomic E-state index is -0.0556. The van der Waals surface area contributed by atoms with Gasteiger partial charge in [-0.05, 0) is 13.3 Å². The maximum atomic E-state index is 10.5. The van der Waals surface area contributed by atoms with E-state index in [0.717, 1.165) is 6.42 Å². The van der Waals surface area contributed by atoms with Crippen LogP contribution < -0.4 is 0 Å². The third kappa shape index (κ3) is 0.892. The van der Waals surface area contributed by atoms with Crippen molar-refractivity contribution >= 4 is 5.78 Å². The van der Waals surface area contributed by atoms with Crippen LogP contribution in [-0.2, 0) is 9.53 Å². The van der Waals surface area contributed by atoms with Crippen LogP contribution in [0, 0.1) is 0 Å². The molecule has 1 fully saturated rings. The van der Waals surface area contributed by atoms with Crippen molar-refractivity contribution < 1.29 is 9.53 Å². The molecule has 1 rings (SSSR count). The summed E-state index contributed by atoms with van der Waals surface area (Å²) in [6.07, 6.45) is 1.15. The van der Waals surface area contributed by atoms with E-state index in [1.165, 1.54) is 0 Å². The molecule has 0 aromatic carbocycles. The van der Waals surface area contributed by atoms with E-state index in [0.29, 0.717) is 0 Å². The van der Waals surface area contributed by atoms with Gasteiger partial charge >= 0.3 is 0 Å². The molecular formula is C6H10O2. The second-order valence-electron chi connectivity index (χ2n) is 2.11. The highest BCUT2D eigenvalue weighted by Crippen LogP contribution is 2.24. The molecule has 8 heavy (non-hydrogen) atoms. The Morgan fingerprint density at radius 3 is 2.50 bits per heavy atom. The number of Topliss-reactive ketones (excluding diaryl/α,β-unsaturated/α-hetero) is 1. The van der Waals surface area contributed by atoms with Gasteiger partial charge in [-0.3, -0.25) is 4.79 Å². The lowest BCUT2D eigenvalue weighted by molar-refractivity contribution is -0.118. The first kappa shape index (κ1) is 5.76. The molecule has 1 saturated heterocycles. The Balaban J connectivity index is 2.26. The molecule has 46 valence electrons. The number of carbonyl (C=O) groups excluding carboxylic acids is 1. The molecule has 0 aromatic heterocycles. The summed E-state index contributed by atoms with van der Waals surface area (Å²) in [6.45, 7) is 3.59. The Bertz CT molecular complexity index is 109. The first-order valence-corrected chi connectivity index (χ1v) is 2.91. The maximum Gasteiger partial charge on any atom is 0.161 e. The molecule has 2 nitrogen and oxygen atoms in total. The van der Waals surface area contributed by atoms with Crippen molar-refractivity contribution in [1.29, 1.82) is 0 Å². The van der Waals surface area contributed by atoms with Gasteiger partial charge in [-0.1, -0.05) is 6.92 Å². The van der Waals surface area contributed by atoms with Gasteiger partial charge in [-0.2, -0.15) is 0 Å². The van der Waals surface area contributed by atoms with Gasteiger partial charge in [0.15, 0.2) is 5.78 Å². The molecule has 0 unspecified atom stereocenters. The molecule has 2 atom stereocenters. The van der Waals surface area contributed by atoms with E-state index in [1.807, 2.05) is 6.92 Å². The van der Waals surface area contributed by atoms with E-state index in [2.05, 4.69) is 0 Å². The lowest BCUT2D eigenvalue weighted by atomic mass is 10.2. The molecule has 0 radical (unpaired) electrons. The number of hydrogen-bond donors (Lipinski definition) is 0. The molecule has 0 spiro atoms. The first-order valence-electron chi connectivity index (χ1n) is 2.91. The fourth-order valence-electron chi connectivity index (χ4n) is 0.811. The highest BCUT2D eigenvalue weighted by molar-refractivity contribution is 5.83. The summed E-state index contributed by atoms with van der Waals surface area (Å²) in [5.41, 5.74) is 0. The molecule has 1 aliphatic rings. The Kier molecular flexibility index (Phi) is 1.34. The quantitative estimate of drug-likeness (QED) is 0.496. The van der Waals surface area contributed by atoms with Crippen LogP contribution in [0.2, 0.25) is 0 Å². The van der Waals surface area contributed by atoms with Crippen LogP contribution >= 0.6 is 0 Å². The summed E-state index contributed by atoms with van der Waals surface area (Å²) < 4.78 is 4.98. The van der Waals surface area contributed by atoms with E-state index in [1.54, 1.807) is 6.92 Å². The smallest absolute Gasteiger partial charge is 0.161 e. The normalized spacial score (nSPS) is 34.8. The van der Waals surface area contributed by atoms with Crippen LogP contribution in [0.5, 0.6) is 0 Å². The predicted octanol–water partition coefficient (Wildman–Crippen LogP) is 0.753. The second-order valence-corrected chi connectivity index (χ2v) is 2.11. The fourth-order valence-corrected chi connectivity index (χ4v) is 0.811. The molecule has 1 aliphatic heterocycles. The van der Waals surface area contributed by atoms with Crippen LogP contribution in [0.15, 0.2) is 0 Å². The zero-order chi connectivity index (χ0) is 6.15. The molecule has 0 N–H and O–H groups in total. The van der Waals surface area contributed by atoms with E-state index < -0.39 is 0 Å². The third-order valence-electron chi connectivity index (χ3n) is 1.39. The van der Waals surface area contributed by atoms with Crippen LogP contribution in [0.1, 0.15) is 20.3 Å². The summed E-state index contributed by atoms with van der Waals surface area (Å²) in [5.74, 6) is 0.164. The van der Waals surface area contributed by atoms with Gasteiger partial charge in [0.05, 0.1) is 6.10 Å². The standard InChI is InChI=1S/C6H10O2/c1-3-5-6(8-5)4(2)7/h5-6H,3H2,1-2H3/t5-,6-/m1/s1. The molecule has 0 aliphatic carbocycles. The van der Waals surface area contributed by atoms with E-state index >= 15 is 0 Å². The van der Waals surface area contributed by atoms with Crippen molar-refractivity contribution in [1.82, 2.24) is 0 Å². The van der Waals surface area contributed by atoms with Crippen LogP contribution in [0.4, 0.5) is 0 Å². The molecule has 0 bridgehead atoms. The van der Waals surface area contributed by atoms with E-state index in [-0.39, 0.29) is 18.0 Å². The van der Waals surface area contributed by atoms with Gasteiger partial charge in [0.2, 0.25) is 0 Å². The van der Waals surface area contributed by atoms with Gasteiger partial charge in [0, 0.05) is 0 Å². The lowest BCUT2D eigenvalue weighted by Crippen LogP contribution is -2.03. The fraction of sp³-hybridized carbons (Fsp3) is 0.833. The maximum absolute atomic E-state index is 10.5. The van der Waals surface area contributed by atoms with Crippen LogP contribution in [0.25, 0.3) is 0 Å². The molecule has 1 heterocycles. The number of carbonyl (C=O) groups is 1. The molecule has 0 amide bonds. The summed E-state index contributed by atoms with van der Waals surface area (Å²) in [5, 5.41) is 0. The molecule has 0 saturated carbocycles. The number of ether oxygens (including phenoxy) is 1. The van der Waals surface area contributed by atoms with Crippen molar-refractivity contribution in [2.75, 3.05) is 0 Å². The van der Waals surface area contributed by atoms with Crippen molar-refractivity contribution in [2.45, 2.75) is 32.5 Å². The van der Waals surface area contributed by atoms with E-state index in [9.17, 15) is 4.79 Å². The largest absolute Gasteiger partial charge is 0.361 e. The summed E-state index contributed by atoms with van der Waals surface area (Å²) in [6, 6.07) is 0. The van der Waals surface area contributed by atoms with Gasteiger partial charge in [0.1, 0.15) is 6.10 Å². The average Bonchev–Trinajstić information content (AvgIpc) is 2.42. The summed E-state index contributed by atoms with van der Waals surface area (Å²) in [7, 11) is 0. The average molecular weight is 114 g/mol. The topological polar surface area (TPSA) is 29.6 Å². The Morgan fingerprint density at radius 1 is 1.75 bits per heavy atom. The number of epoxide rings is 1. The van der Waals surface area contributed by atoms with Crippen molar-refractivity contribution in [3.8, 4) is 0 Å². The zero-order valence-electron chi connectivity index (χ0n) is 5.18. The van der Waals surface area contributed by atoms with Gasteiger partial charge in [-0.25, -0.2) is 0 Å². The lowest BCUT2D eigenvalue weighted by Gasteiger charge is -1.78. The summed E-state index contributed by atoms with van der Waals surface area (Å²) >= 11 is 0. The Labute approximate surface area is 48.8 Å². The van der Waals surface area contributed by atoms with Crippen molar-refractivity contribution in [3.05, 3.63) is 0 Å². The van der Waals surface area contributed by atoms with Gasteiger partial charge < -0.3 is 4.74 Å². The highest BCUT2D eigenvalue weighted by Gasteiger charge is 2.40. The predicted molar refractivity (Wildman–Crippen MR) is 29.6 cm³/mol. The van der Waals surface area contributed by atoms with E-state index in [4.69, 9.17) is 4.74 Å². The number of hydrogen-bond acceptors (Lipinski definition) is 2. The summed E-state index contributed by atoms with van der Waals surface area (Å²) in [4.78, 5) is 10.5. The molecular weight excluding hydrogens is 104 g/mol. The highest BCUT2D eigenvalue weighted by atomic mass is 16.6. The molecule has 0 aromatic rings. The minimum absolute atomic E-state index is 0.0556. The zero-order valence-corrected chi connectivity index (χ0v) is 5.18. The number of ketones is 1. The SMILES string of the molecule is CC[C@H]1O[C@@H]1C(C)=O. The second kappa shape index (κ2) is 1.86. The van der Waals surface area contributed by atoms with Gasteiger partial charge in [-0.15, -0.1) is 0 Å². The minimum Gasteiger partial charge on any atom is -0.361 e. The van der Waals surface area contributed by atoms with Gasteiger partial charge in [0.25, 0.3) is 0 Å². The Hall–Kier alpha value is -0.370. The Morgan fingerprint density at radius 2 is 2.38 bits per heavy atom. The van der Waals surface area contributed by atoms with Crippen molar-refractivity contribution in [3.63, 3.8) is 0 Å². The van der Waals surface area contributed by atoms with Crippen molar-refractivity contribution in [2.24, 2.45) is 0 Å². The first-order chi connectivity index (χ1) is 3.75. The number of rotatable bonds is 2. The third-order valence-corrected chi connectivity index (χ3v) is 1.39. The van der Waals surface area contributed by atoms with Crippen LogP contribution in [0.3, 0.4) is 0 Å². The molecule has 2 heteroatoms. The van der Waals surface area contributed by atoms with Crippen LogP contribution in [-0.4, -0.2) is 18.0 Å².